The summed E-state index contributed by atoms with van der Waals surface area (Å²) in [6, 6.07) is -0.305. The second-order valence-electron chi connectivity index (χ2n) is 4.65. The van der Waals surface area contributed by atoms with Gasteiger partial charge in [-0.2, -0.15) is 0 Å². The fourth-order valence-electron chi connectivity index (χ4n) is 2.46. The van der Waals surface area contributed by atoms with E-state index in [1.165, 1.54) is 18.2 Å². The van der Waals surface area contributed by atoms with Gasteiger partial charge in [0.15, 0.2) is 0 Å². The highest BCUT2D eigenvalue weighted by Crippen LogP contribution is 2.20. The van der Waals surface area contributed by atoms with Crippen molar-refractivity contribution >= 4 is 22.9 Å². The molecule has 2 aliphatic heterocycles. The highest BCUT2D eigenvalue weighted by atomic mass is 32.2. The van der Waals surface area contributed by atoms with Crippen LogP contribution >= 0.6 is 11.8 Å². The Bertz CT molecular complexity index is 309. The van der Waals surface area contributed by atoms with Crippen LogP contribution in [0.1, 0.15) is 12.8 Å². The van der Waals surface area contributed by atoms with Crippen molar-refractivity contribution in [3.05, 3.63) is 0 Å². The molecule has 0 aromatic rings. The highest BCUT2D eigenvalue weighted by molar-refractivity contribution is 8.14. The lowest BCUT2D eigenvalue weighted by molar-refractivity contribution is -0.134. The van der Waals surface area contributed by atoms with E-state index in [2.05, 4.69) is 10.6 Å². The van der Waals surface area contributed by atoms with E-state index in [1.54, 1.807) is 0 Å². The maximum absolute atomic E-state index is 12.2. The molecule has 96 valence electrons. The van der Waals surface area contributed by atoms with Crippen molar-refractivity contribution in [1.82, 2.24) is 15.5 Å². The summed E-state index contributed by atoms with van der Waals surface area (Å²) in [6.07, 6.45) is 2.24. The molecule has 2 N–H and O–H groups in total. The van der Waals surface area contributed by atoms with Crippen LogP contribution in [0.25, 0.3) is 0 Å². The molecule has 2 saturated heterocycles. The van der Waals surface area contributed by atoms with E-state index in [9.17, 15) is 9.59 Å². The third kappa shape index (κ3) is 3.13. The smallest absolute Gasteiger partial charge is 0.279 e. The molecule has 2 amide bonds. The summed E-state index contributed by atoms with van der Waals surface area (Å²) in [5, 5.41) is 5.80. The van der Waals surface area contributed by atoms with Gasteiger partial charge in [0.05, 0.1) is 0 Å². The number of thioether (sulfide) groups is 1. The van der Waals surface area contributed by atoms with Crippen LogP contribution in [0, 0.1) is 5.92 Å². The first-order valence-corrected chi connectivity index (χ1v) is 7.06. The van der Waals surface area contributed by atoms with Crippen molar-refractivity contribution in [1.29, 1.82) is 0 Å². The van der Waals surface area contributed by atoms with Crippen LogP contribution in [0.5, 0.6) is 0 Å². The monoisotopic (exact) mass is 257 g/mol. The predicted octanol–water partition coefficient (Wildman–Crippen LogP) is 0.269. The van der Waals surface area contributed by atoms with Crippen LogP contribution in [0.2, 0.25) is 0 Å². The molecule has 1 unspecified atom stereocenters. The minimum Gasteiger partial charge on any atom is -0.341 e. The molecule has 0 radical (unpaired) electrons. The molecule has 2 aliphatic rings. The molecule has 2 atom stereocenters. The molecular weight excluding hydrogens is 238 g/mol. The predicted molar refractivity (Wildman–Crippen MR) is 68.0 cm³/mol. The first-order valence-electron chi connectivity index (χ1n) is 6.07. The van der Waals surface area contributed by atoms with E-state index in [0.29, 0.717) is 11.7 Å². The van der Waals surface area contributed by atoms with Crippen LogP contribution in [0.4, 0.5) is 4.79 Å². The maximum Gasteiger partial charge on any atom is 0.279 e. The molecular formula is C11H19N3O2S. The third-order valence-electron chi connectivity index (χ3n) is 3.29. The van der Waals surface area contributed by atoms with Crippen molar-refractivity contribution in [2.75, 3.05) is 32.4 Å². The van der Waals surface area contributed by atoms with Gasteiger partial charge in [-0.3, -0.25) is 9.59 Å². The Morgan fingerprint density at radius 3 is 3.12 bits per heavy atom. The van der Waals surface area contributed by atoms with Crippen molar-refractivity contribution in [3.8, 4) is 0 Å². The van der Waals surface area contributed by atoms with E-state index < -0.39 is 0 Å². The zero-order valence-electron chi connectivity index (χ0n) is 10.1. The summed E-state index contributed by atoms with van der Waals surface area (Å²) in [7, 11) is 1.94. The molecule has 0 bridgehead atoms. The first-order chi connectivity index (χ1) is 8.20. The number of carbonyl (C=O) groups is 2. The van der Waals surface area contributed by atoms with E-state index in [-0.39, 0.29) is 17.2 Å². The normalized spacial score (nSPS) is 29.2. The topological polar surface area (TPSA) is 61.4 Å². The number of rotatable bonds is 3. The number of likely N-dealkylation sites (tertiary alicyclic amines) is 1. The molecule has 0 aliphatic carbocycles. The van der Waals surface area contributed by atoms with Crippen LogP contribution in [0.3, 0.4) is 0 Å². The van der Waals surface area contributed by atoms with Gasteiger partial charge in [0, 0.05) is 18.8 Å². The average Bonchev–Trinajstić information content (AvgIpc) is 2.76. The van der Waals surface area contributed by atoms with Gasteiger partial charge in [0.2, 0.25) is 5.91 Å². The lowest BCUT2D eigenvalue weighted by Gasteiger charge is -2.34. The molecule has 0 saturated carbocycles. The standard InChI is InChI=1S/C11H19N3O2S/c1-12-5-8-3-2-4-14(6-8)10(15)9-7-17-11(16)13-9/h8-9,12H,2-7H2,1H3,(H,13,16)/t8?,9-/m0/s1. The van der Waals surface area contributed by atoms with E-state index in [1.807, 2.05) is 11.9 Å². The minimum absolute atomic E-state index is 0.0767. The third-order valence-corrected chi connectivity index (χ3v) is 4.17. The number of nitrogens with one attached hydrogen (secondary N) is 2. The summed E-state index contributed by atoms with van der Waals surface area (Å²) in [5.74, 6) is 1.21. The maximum atomic E-state index is 12.2. The second kappa shape index (κ2) is 5.73. The van der Waals surface area contributed by atoms with Gasteiger partial charge in [0.25, 0.3) is 5.24 Å². The molecule has 0 aromatic heterocycles. The second-order valence-corrected chi connectivity index (χ2v) is 5.64. The van der Waals surface area contributed by atoms with Gasteiger partial charge >= 0.3 is 0 Å². The number of nitrogens with zero attached hydrogens (tertiary/aromatic N) is 1. The Kier molecular flexibility index (Phi) is 4.28. The summed E-state index contributed by atoms with van der Waals surface area (Å²) in [5.41, 5.74) is 0. The van der Waals surface area contributed by atoms with Gasteiger partial charge in [-0.15, -0.1) is 0 Å². The van der Waals surface area contributed by atoms with E-state index in [4.69, 9.17) is 0 Å². The van der Waals surface area contributed by atoms with Crippen LogP contribution in [-0.2, 0) is 4.79 Å². The van der Waals surface area contributed by atoms with Crippen molar-refractivity contribution in [2.45, 2.75) is 18.9 Å². The fourth-order valence-corrected chi connectivity index (χ4v) is 3.23. The average molecular weight is 257 g/mol. The Hall–Kier alpha value is -0.750. The molecule has 6 heteroatoms. The van der Waals surface area contributed by atoms with Gasteiger partial charge < -0.3 is 15.5 Å². The van der Waals surface area contributed by atoms with Gasteiger partial charge in [-0.05, 0) is 32.4 Å². The highest BCUT2D eigenvalue weighted by Gasteiger charge is 2.33. The molecule has 2 heterocycles. The Morgan fingerprint density at radius 1 is 1.65 bits per heavy atom. The SMILES string of the molecule is CNCC1CCCN(C(=O)[C@@H]2CSC(=O)N2)C1. The van der Waals surface area contributed by atoms with E-state index >= 15 is 0 Å². The summed E-state index contributed by atoms with van der Waals surface area (Å²) in [6.45, 7) is 2.60. The lowest BCUT2D eigenvalue weighted by Crippen LogP contribution is -2.50. The van der Waals surface area contributed by atoms with Crippen LogP contribution in [-0.4, -0.2) is 54.5 Å². The Labute approximate surface area is 106 Å². The van der Waals surface area contributed by atoms with Gasteiger partial charge in [0.1, 0.15) is 6.04 Å². The molecule has 17 heavy (non-hydrogen) atoms. The lowest BCUT2D eigenvalue weighted by atomic mass is 9.97. The quantitative estimate of drug-likeness (QED) is 0.762. The summed E-state index contributed by atoms with van der Waals surface area (Å²) in [4.78, 5) is 25.2. The summed E-state index contributed by atoms with van der Waals surface area (Å²) < 4.78 is 0. The van der Waals surface area contributed by atoms with Gasteiger partial charge in [-0.25, -0.2) is 0 Å². The number of hydrogen-bond acceptors (Lipinski definition) is 4. The number of carbonyl (C=O) groups excluding carboxylic acids is 2. The van der Waals surface area contributed by atoms with Gasteiger partial charge in [-0.1, -0.05) is 11.8 Å². The molecule has 5 nitrogen and oxygen atoms in total. The number of piperidine rings is 1. The van der Waals surface area contributed by atoms with Crippen molar-refractivity contribution in [3.63, 3.8) is 0 Å². The van der Waals surface area contributed by atoms with Crippen LogP contribution < -0.4 is 10.6 Å². The Morgan fingerprint density at radius 2 is 2.47 bits per heavy atom. The number of hydrogen-bond donors (Lipinski definition) is 2. The molecule has 0 spiro atoms. The summed E-state index contributed by atoms with van der Waals surface area (Å²) >= 11 is 1.20. The Balaban J connectivity index is 1.88. The minimum atomic E-state index is -0.305. The fraction of sp³-hybridized carbons (Fsp3) is 0.818. The van der Waals surface area contributed by atoms with Crippen molar-refractivity contribution in [2.24, 2.45) is 5.92 Å². The molecule has 0 aromatic carbocycles. The largest absolute Gasteiger partial charge is 0.341 e. The molecule has 2 rings (SSSR count). The molecule has 2 fully saturated rings. The van der Waals surface area contributed by atoms with E-state index in [0.717, 1.165) is 26.1 Å². The zero-order valence-corrected chi connectivity index (χ0v) is 10.9. The zero-order chi connectivity index (χ0) is 12.3. The first kappa shape index (κ1) is 12.7. The van der Waals surface area contributed by atoms with Crippen molar-refractivity contribution < 1.29 is 9.59 Å². The van der Waals surface area contributed by atoms with Crippen LogP contribution in [0.15, 0.2) is 0 Å². The number of amides is 2.